The summed E-state index contributed by atoms with van der Waals surface area (Å²) in [6.07, 6.45) is 2.21. The maximum atomic E-state index is 11.3. The number of nitrogens with zero attached hydrogens (tertiary/aromatic N) is 2. The summed E-state index contributed by atoms with van der Waals surface area (Å²) in [4.78, 5) is 17.0. The summed E-state index contributed by atoms with van der Waals surface area (Å²) >= 11 is 0. The van der Waals surface area contributed by atoms with E-state index in [0.29, 0.717) is 13.0 Å². The molecule has 5 nitrogen and oxygen atoms in total. The lowest BCUT2D eigenvalue weighted by molar-refractivity contribution is -0.128. The van der Waals surface area contributed by atoms with Crippen LogP contribution in [0, 0.1) is 0 Å². The number of hydrogen-bond acceptors (Lipinski definition) is 4. The van der Waals surface area contributed by atoms with E-state index in [1.165, 1.54) is 0 Å². The van der Waals surface area contributed by atoms with E-state index in [9.17, 15) is 4.79 Å². The summed E-state index contributed by atoms with van der Waals surface area (Å²) in [5, 5.41) is 6.14. The molecular weight excluding hydrogens is 204 g/mol. The van der Waals surface area contributed by atoms with E-state index in [1.807, 2.05) is 19.2 Å². The normalized spacial score (nSPS) is 9.69. The lowest BCUT2D eigenvalue weighted by atomic mass is 10.3. The second-order valence-electron chi connectivity index (χ2n) is 3.64. The van der Waals surface area contributed by atoms with Gasteiger partial charge in [0.2, 0.25) is 5.91 Å². The standard InChI is InChI=1S/C11H18N4O/c1-12-10-8-9(4-6-14-10)13-7-5-11(16)15(2)3/h4,6,8H,5,7H2,1-3H3,(H2,12,13,14). The van der Waals surface area contributed by atoms with E-state index in [4.69, 9.17) is 0 Å². The fourth-order valence-electron chi connectivity index (χ4n) is 1.21. The molecule has 0 atom stereocenters. The third-order valence-corrected chi connectivity index (χ3v) is 2.18. The lowest BCUT2D eigenvalue weighted by Gasteiger charge is -2.11. The Bertz CT molecular complexity index is 352. The minimum atomic E-state index is 0.121. The highest BCUT2D eigenvalue weighted by Crippen LogP contribution is 2.10. The maximum absolute atomic E-state index is 11.3. The van der Waals surface area contributed by atoms with Gasteiger partial charge >= 0.3 is 0 Å². The molecule has 0 saturated carbocycles. The van der Waals surface area contributed by atoms with Gasteiger partial charge in [0.25, 0.3) is 0 Å². The van der Waals surface area contributed by atoms with Crippen molar-refractivity contribution in [1.82, 2.24) is 9.88 Å². The fourth-order valence-corrected chi connectivity index (χ4v) is 1.21. The number of pyridine rings is 1. The number of aromatic nitrogens is 1. The van der Waals surface area contributed by atoms with Crippen molar-refractivity contribution >= 4 is 17.4 Å². The van der Waals surface area contributed by atoms with Crippen LogP contribution in [0.5, 0.6) is 0 Å². The molecule has 1 amide bonds. The van der Waals surface area contributed by atoms with E-state index in [1.54, 1.807) is 25.2 Å². The number of rotatable bonds is 5. The highest BCUT2D eigenvalue weighted by atomic mass is 16.2. The molecule has 0 fully saturated rings. The molecule has 0 spiro atoms. The van der Waals surface area contributed by atoms with E-state index in [0.717, 1.165) is 11.5 Å². The summed E-state index contributed by atoms with van der Waals surface area (Å²) in [7, 11) is 5.34. The number of nitrogens with one attached hydrogen (secondary N) is 2. The van der Waals surface area contributed by atoms with Gasteiger partial charge in [0, 0.05) is 52.1 Å². The largest absolute Gasteiger partial charge is 0.384 e. The molecular formula is C11H18N4O. The van der Waals surface area contributed by atoms with Crippen molar-refractivity contribution in [3.63, 3.8) is 0 Å². The van der Waals surface area contributed by atoms with Gasteiger partial charge in [-0.2, -0.15) is 0 Å². The van der Waals surface area contributed by atoms with Crippen molar-refractivity contribution in [2.75, 3.05) is 38.3 Å². The van der Waals surface area contributed by atoms with E-state index in [2.05, 4.69) is 15.6 Å². The minimum Gasteiger partial charge on any atom is -0.384 e. The van der Waals surface area contributed by atoms with Crippen molar-refractivity contribution in [3.8, 4) is 0 Å². The molecule has 0 aliphatic carbocycles. The lowest BCUT2D eigenvalue weighted by Crippen LogP contribution is -2.23. The topological polar surface area (TPSA) is 57.3 Å². The zero-order valence-corrected chi connectivity index (χ0v) is 9.95. The molecule has 1 aromatic rings. The highest BCUT2D eigenvalue weighted by molar-refractivity contribution is 5.76. The average molecular weight is 222 g/mol. The average Bonchev–Trinajstić information content (AvgIpc) is 2.29. The third-order valence-electron chi connectivity index (χ3n) is 2.18. The maximum Gasteiger partial charge on any atom is 0.223 e. The van der Waals surface area contributed by atoms with Gasteiger partial charge in [0.05, 0.1) is 0 Å². The van der Waals surface area contributed by atoms with Gasteiger partial charge in [0.1, 0.15) is 5.82 Å². The van der Waals surface area contributed by atoms with Crippen LogP contribution < -0.4 is 10.6 Å². The molecule has 0 unspecified atom stereocenters. The summed E-state index contributed by atoms with van der Waals surface area (Å²) < 4.78 is 0. The summed E-state index contributed by atoms with van der Waals surface area (Å²) in [5.41, 5.74) is 0.964. The van der Waals surface area contributed by atoms with Crippen LogP contribution in [0.15, 0.2) is 18.3 Å². The van der Waals surface area contributed by atoms with Crippen LogP contribution in [0.1, 0.15) is 6.42 Å². The predicted molar refractivity (Wildman–Crippen MR) is 65.6 cm³/mol. The molecule has 0 radical (unpaired) electrons. The summed E-state index contributed by atoms with van der Waals surface area (Å²) in [6.45, 7) is 0.629. The minimum absolute atomic E-state index is 0.121. The highest BCUT2D eigenvalue weighted by Gasteiger charge is 2.02. The molecule has 0 bridgehead atoms. The third kappa shape index (κ3) is 3.76. The molecule has 5 heteroatoms. The fraction of sp³-hybridized carbons (Fsp3) is 0.455. The molecule has 16 heavy (non-hydrogen) atoms. The van der Waals surface area contributed by atoms with Crippen LogP contribution in [0.4, 0.5) is 11.5 Å². The number of anilines is 2. The first-order valence-corrected chi connectivity index (χ1v) is 5.21. The monoisotopic (exact) mass is 222 g/mol. The van der Waals surface area contributed by atoms with E-state index in [-0.39, 0.29) is 5.91 Å². The molecule has 0 aromatic carbocycles. The first-order chi connectivity index (χ1) is 7.63. The molecule has 0 aliphatic heterocycles. The first kappa shape index (κ1) is 12.3. The zero-order chi connectivity index (χ0) is 12.0. The number of carbonyl (C=O) groups excluding carboxylic acids is 1. The second-order valence-corrected chi connectivity index (χ2v) is 3.64. The summed E-state index contributed by atoms with van der Waals surface area (Å²) in [5.74, 6) is 0.930. The van der Waals surface area contributed by atoms with Crippen molar-refractivity contribution in [3.05, 3.63) is 18.3 Å². The Hall–Kier alpha value is -1.78. The van der Waals surface area contributed by atoms with Gasteiger partial charge in [-0.05, 0) is 6.07 Å². The Labute approximate surface area is 95.9 Å². The molecule has 88 valence electrons. The van der Waals surface area contributed by atoms with Gasteiger partial charge in [-0.1, -0.05) is 0 Å². The Balaban J connectivity index is 2.40. The van der Waals surface area contributed by atoms with Gasteiger partial charge in [0.15, 0.2) is 0 Å². The molecule has 0 aliphatic rings. The molecule has 1 aromatic heterocycles. The Morgan fingerprint density at radius 1 is 1.50 bits per heavy atom. The molecule has 0 saturated heterocycles. The van der Waals surface area contributed by atoms with Crippen molar-refractivity contribution in [2.45, 2.75) is 6.42 Å². The van der Waals surface area contributed by atoms with Crippen molar-refractivity contribution in [2.24, 2.45) is 0 Å². The quantitative estimate of drug-likeness (QED) is 0.780. The number of carbonyl (C=O) groups is 1. The smallest absolute Gasteiger partial charge is 0.223 e. The zero-order valence-electron chi connectivity index (χ0n) is 9.95. The van der Waals surface area contributed by atoms with Crippen molar-refractivity contribution in [1.29, 1.82) is 0 Å². The van der Waals surface area contributed by atoms with E-state index >= 15 is 0 Å². The van der Waals surface area contributed by atoms with Gasteiger partial charge < -0.3 is 15.5 Å². The van der Waals surface area contributed by atoms with Crippen LogP contribution in [0.3, 0.4) is 0 Å². The van der Waals surface area contributed by atoms with Gasteiger partial charge in [-0.3, -0.25) is 4.79 Å². The van der Waals surface area contributed by atoms with Gasteiger partial charge in [-0.25, -0.2) is 4.98 Å². The van der Waals surface area contributed by atoms with Crippen LogP contribution in [0.2, 0.25) is 0 Å². The van der Waals surface area contributed by atoms with Crippen LogP contribution in [-0.2, 0) is 4.79 Å². The van der Waals surface area contributed by atoms with Gasteiger partial charge in [-0.15, -0.1) is 0 Å². The Morgan fingerprint density at radius 2 is 2.25 bits per heavy atom. The molecule has 1 rings (SSSR count). The van der Waals surface area contributed by atoms with Crippen LogP contribution in [0.25, 0.3) is 0 Å². The first-order valence-electron chi connectivity index (χ1n) is 5.21. The number of amides is 1. The van der Waals surface area contributed by atoms with Crippen molar-refractivity contribution < 1.29 is 4.79 Å². The van der Waals surface area contributed by atoms with Crippen LogP contribution >= 0.6 is 0 Å². The molecule has 1 heterocycles. The summed E-state index contributed by atoms with van der Waals surface area (Å²) in [6, 6.07) is 3.78. The van der Waals surface area contributed by atoms with E-state index < -0.39 is 0 Å². The number of hydrogen-bond donors (Lipinski definition) is 2. The molecule has 2 N–H and O–H groups in total. The predicted octanol–water partition coefficient (Wildman–Crippen LogP) is 1.01. The second kappa shape index (κ2) is 5.95. The Kier molecular flexibility index (Phi) is 4.57. The SMILES string of the molecule is CNc1cc(NCCC(=O)N(C)C)ccn1. The van der Waals surface area contributed by atoms with Crippen LogP contribution in [-0.4, -0.2) is 43.5 Å². The Morgan fingerprint density at radius 3 is 2.88 bits per heavy atom.